The zero-order chi connectivity index (χ0) is 18.6. The number of thiophene rings is 1. The standard InChI is InChI=1S/C21H24N2O3S/c24-20(13-26-19-7-2-1-3-8-19)22-16-11-17-5-4-6-18(12-16)23(17)21(25)15-9-10-27-14-15/h1-3,7-10,14,16-18H,4-6,11-13H2,(H,22,24)/t16?,17-,18+. The lowest BCUT2D eigenvalue weighted by atomic mass is 9.81. The van der Waals surface area contributed by atoms with Crippen molar-refractivity contribution in [1.29, 1.82) is 0 Å². The third kappa shape index (κ3) is 4.16. The molecule has 2 aliphatic rings. The Morgan fingerprint density at radius 3 is 2.52 bits per heavy atom. The van der Waals surface area contributed by atoms with Crippen LogP contribution in [0.2, 0.25) is 0 Å². The first-order valence-corrected chi connectivity index (χ1v) is 10.5. The molecule has 2 bridgehead atoms. The Labute approximate surface area is 163 Å². The molecule has 5 nitrogen and oxygen atoms in total. The number of para-hydroxylation sites is 1. The quantitative estimate of drug-likeness (QED) is 0.859. The van der Waals surface area contributed by atoms with Gasteiger partial charge < -0.3 is 15.0 Å². The predicted molar refractivity (Wildman–Crippen MR) is 105 cm³/mol. The highest BCUT2D eigenvalue weighted by atomic mass is 32.1. The number of benzene rings is 1. The molecule has 0 saturated carbocycles. The van der Waals surface area contributed by atoms with Gasteiger partial charge in [0, 0.05) is 23.5 Å². The second-order valence-corrected chi connectivity index (χ2v) is 8.08. The minimum atomic E-state index is -0.0977. The summed E-state index contributed by atoms with van der Waals surface area (Å²) in [7, 11) is 0. The maximum Gasteiger partial charge on any atom is 0.258 e. The Morgan fingerprint density at radius 2 is 1.85 bits per heavy atom. The molecule has 2 aromatic rings. The van der Waals surface area contributed by atoms with Gasteiger partial charge in [-0.25, -0.2) is 0 Å². The molecule has 1 N–H and O–H groups in total. The van der Waals surface area contributed by atoms with Gasteiger partial charge in [0.15, 0.2) is 6.61 Å². The maximum absolute atomic E-state index is 12.9. The largest absolute Gasteiger partial charge is 0.484 e. The molecule has 1 unspecified atom stereocenters. The Morgan fingerprint density at radius 1 is 1.11 bits per heavy atom. The van der Waals surface area contributed by atoms with Gasteiger partial charge in [-0.3, -0.25) is 9.59 Å². The minimum absolute atomic E-state index is 0.0212. The second kappa shape index (κ2) is 8.13. The van der Waals surface area contributed by atoms with Crippen LogP contribution >= 0.6 is 11.3 Å². The van der Waals surface area contributed by atoms with Crippen molar-refractivity contribution in [1.82, 2.24) is 10.2 Å². The van der Waals surface area contributed by atoms with Crippen LogP contribution in [0.25, 0.3) is 0 Å². The Bertz CT molecular complexity index is 764. The number of carbonyl (C=O) groups is 2. The van der Waals surface area contributed by atoms with E-state index < -0.39 is 0 Å². The summed E-state index contributed by atoms with van der Waals surface area (Å²) in [6.07, 6.45) is 4.83. The van der Waals surface area contributed by atoms with E-state index in [2.05, 4.69) is 10.2 Å². The highest BCUT2D eigenvalue weighted by molar-refractivity contribution is 7.08. The van der Waals surface area contributed by atoms with E-state index in [1.165, 1.54) is 0 Å². The summed E-state index contributed by atoms with van der Waals surface area (Å²) in [5.41, 5.74) is 0.788. The van der Waals surface area contributed by atoms with E-state index in [9.17, 15) is 9.59 Å². The Kier molecular flexibility index (Phi) is 5.43. The van der Waals surface area contributed by atoms with Crippen LogP contribution in [-0.4, -0.2) is 41.4 Å². The molecular weight excluding hydrogens is 360 g/mol. The van der Waals surface area contributed by atoms with Crippen molar-refractivity contribution in [3.63, 3.8) is 0 Å². The molecule has 0 radical (unpaired) electrons. The number of rotatable bonds is 5. The van der Waals surface area contributed by atoms with E-state index in [4.69, 9.17) is 4.74 Å². The summed E-state index contributed by atoms with van der Waals surface area (Å²) in [5, 5.41) is 6.98. The van der Waals surface area contributed by atoms with Gasteiger partial charge >= 0.3 is 0 Å². The molecule has 142 valence electrons. The first kappa shape index (κ1) is 18.0. The molecule has 2 amide bonds. The van der Waals surface area contributed by atoms with Crippen LogP contribution < -0.4 is 10.1 Å². The molecule has 27 heavy (non-hydrogen) atoms. The van der Waals surface area contributed by atoms with E-state index in [1.54, 1.807) is 11.3 Å². The molecule has 4 rings (SSSR count). The third-order valence-corrected chi connectivity index (χ3v) is 6.14. The van der Waals surface area contributed by atoms with Crippen molar-refractivity contribution in [3.05, 3.63) is 52.7 Å². The van der Waals surface area contributed by atoms with Crippen molar-refractivity contribution in [2.24, 2.45) is 0 Å². The molecule has 2 fully saturated rings. The number of nitrogens with zero attached hydrogens (tertiary/aromatic N) is 1. The van der Waals surface area contributed by atoms with Crippen LogP contribution in [0.15, 0.2) is 47.2 Å². The molecule has 3 atom stereocenters. The predicted octanol–water partition coefficient (Wildman–Crippen LogP) is 3.47. The van der Waals surface area contributed by atoms with Gasteiger partial charge in [0.2, 0.25) is 0 Å². The number of nitrogens with one attached hydrogen (secondary N) is 1. The van der Waals surface area contributed by atoms with Crippen LogP contribution in [0.5, 0.6) is 5.75 Å². The van der Waals surface area contributed by atoms with Gasteiger partial charge in [-0.1, -0.05) is 18.2 Å². The van der Waals surface area contributed by atoms with Crippen LogP contribution in [0.1, 0.15) is 42.5 Å². The van der Waals surface area contributed by atoms with Crippen molar-refractivity contribution in [2.45, 2.75) is 50.2 Å². The molecule has 6 heteroatoms. The van der Waals surface area contributed by atoms with E-state index in [0.717, 1.165) is 37.7 Å². The Balaban J connectivity index is 1.34. The molecule has 2 aliphatic heterocycles. The number of carbonyl (C=O) groups excluding carboxylic acids is 2. The average Bonchev–Trinajstić information content (AvgIpc) is 3.21. The topological polar surface area (TPSA) is 58.6 Å². The van der Waals surface area contributed by atoms with E-state index in [-0.39, 0.29) is 36.5 Å². The van der Waals surface area contributed by atoms with E-state index in [0.29, 0.717) is 5.75 Å². The Hall–Kier alpha value is -2.34. The zero-order valence-electron chi connectivity index (χ0n) is 15.2. The van der Waals surface area contributed by atoms with Gasteiger partial charge in [0.05, 0.1) is 5.56 Å². The van der Waals surface area contributed by atoms with Crippen LogP contribution in [-0.2, 0) is 4.79 Å². The third-order valence-electron chi connectivity index (χ3n) is 5.46. The molecule has 1 aromatic heterocycles. The normalized spacial score (nSPS) is 24.3. The SMILES string of the molecule is O=C(COc1ccccc1)NC1C[C@H]2CCC[C@@H](C1)N2C(=O)c1ccsc1. The van der Waals surface area contributed by atoms with Gasteiger partial charge in [0.25, 0.3) is 11.8 Å². The number of fused-ring (bicyclic) bond motifs is 2. The first-order chi connectivity index (χ1) is 13.2. The highest BCUT2D eigenvalue weighted by Gasteiger charge is 2.41. The number of piperidine rings is 2. The van der Waals surface area contributed by atoms with Crippen LogP contribution in [0, 0.1) is 0 Å². The van der Waals surface area contributed by atoms with Crippen molar-refractivity contribution >= 4 is 23.2 Å². The summed E-state index contributed by atoms with van der Waals surface area (Å²) >= 11 is 1.55. The molecule has 0 spiro atoms. The summed E-state index contributed by atoms with van der Waals surface area (Å²) < 4.78 is 5.54. The molecule has 0 aliphatic carbocycles. The van der Waals surface area contributed by atoms with Gasteiger partial charge in [-0.15, -0.1) is 0 Å². The average molecular weight is 385 g/mol. The van der Waals surface area contributed by atoms with Crippen molar-refractivity contribution < 1.29 is 14.3 Å². The monoisotopic (exact) mass is 384 g/mol. The maximum atomic E-state index is 12.9. The summed E-state index contributed by atoms with van der Waals surface area (Å²) in [5.74, 6) is 0.739. The lowest BCUT2D eigenvalue weighted by Gasteiger charge is -2.49. The van der Waals surface area contributed by atoms with Crippen LogP contribution in [0.4, 0.5) is 0 Å². The number of amides is 2. The van der Waals surface area contributed by atoms with Crippen molar-refractivity contribution in [2.75, 3.05) is 6.61 Å². The molecule has 3 heterocycles. The number of hydrogen-bond acceptors (Lipinski definition) is 4. The fourth-order valence-corrected chi connectivity index (χ4v) is 4.93. The van der Waals surface area contributed by atoms with Gasteiger partial charge in [-0.05, 0) is 55.7 Å². The molecular formula is C21H24N2O3S. The molecule has 1 aromatic carbocycles. The smallest absolute Gasteiger partial charge is 0.258 e. The second-order valence-electron chi connectivity index (χ2n) is 7.30. The number of hydrogen-bond donors (Lipinski definition) is 1. The fourth-order valence-electron chi connectivity index (χ4n) is 4.30. The fraction of sp³-hybridized carbons (Fsp3) is 0.429. The molecule has 2 saturated heterocycles. The minimum Gasteiger partial charge on any atom is -0.484 e. The van der Waals surface area contributed by atoms with Gasteiger partial charge in [-0.2, -0.15) is 11.3 Å². The zero-order valence-corrected chi connectivity index (χ0v) is 16.0. The lowest BCUT2D eigenvalue weighted by molar-refractivity contribution is -0.124. The first-order valence-electron chi connectivity index (χ1n) is 9.53. The van der Waals surface area contributed by atoms with E-state index in [1.807, 2.05) is 47.2 Å². The van der Waals surface area contributed by atoms with E-state index >= 15 is 0 Å². The van der Waals surface area contributed by atoms with Crippen molar-refractivity contribution in [3.8, 4) is 5.75 Å². The highest BCUT2D eigenvalue weighted by Crippen LogP contribution is 2.35. The van der Waals surface area contributed by atoms with Crippen LogP contribution in [0.3, 0.4) is 0 Å². The summed E-state index contributed by atoms with van der Waals surface area (Å²) in [4.78, 5) is 27.3. The lowest BCUT2D eigenvalue weighted by Crippen LogP contribution is -2.59. The van der Waals surface area contributed by atoms with Gasteiger partial charge in [0.1, 0.15) is 5.75 Å². The number of ether oxygens (including phenoxy) is 1. The summed E-state index contributed by atoms with van der Waals surface area (Å²) in [6, 6.07) is 11.8. The summed E-state index contributed by atoms with van der Waals surface area (Å²) in [6.45, 7) is 0.0212.